The molecule has 1 aliphatic rings. The Bertz CT molecular complexity index is 1070. The highest BCUT2D eigenvalue weighted by molar-refractivity contribution is 5.96. The highest BCUT2D eigenvalue weighted by atomic mass is 16.5. The fourth-order valence-electron chi connectivity index (χ4n) is 3.39. The van der Waals surface area contributed by atoms with Crippen molar-refractivity contribution in [3.8, 4) is 17.0 Å². The van der Waals surface area contributed by atoms with Crippen molar-refractivity contribution in [2.75, 3.05) is 7.11 Å². The Morgan fingerprint density at radius 3 is 2.89 bits per heavy atom. The maximum Gasteiger partial charge on any atom is 0.289 e. The van der Waals surface area contributed by atoms with E-state index in [-0.39, 0.29) is 5.91 Å². The van der Waals surface area contributed by atoms with Gasteiger partial charge in [0.2, 0.25) is 0 Å². The minimum atomic E-state index is -0.296. The molecule has 1 heterocycles. The van der Waals surface area contributed by atoms with E-state index in [4.69, 9.17) is 4.74 Å². The standard InChI is InChI=1S/C22H20N4O2/c1-28-19-11-5-3-8-16(19)9-6-14-23-26-22(27)21-18-13-12-15-7-2-4-10-17(15)20(18)24-25-21/h2-11,14H,12-13H2,1H3,(H,24,25)(H,26,27). The third-order valence-electron chi connectivity index (χ3n) is 4.75. The maximum absolute atomic E-state index is 12.5. The molecule has 6 heteroatoms. The molecular formula is C22H20N4O2. The lowest BCUT2D eigenvalue weighted by Gasteiger charge is -2.15. The molecule has 6 nitrogen and oxygen atoms in total. The number of carbonyl (C=O) groups excluding carboxylic acids is 1. The van der Waals surface area contributed by atoms with Gasteiger partial charge in [0.05, 0.1) is 12.8 Å². The first-order valence-electron chi connectivity index (χ1n) is 9.06. The van der Waals surface area contributed by atoms with E-state index in [1.165, 1.54) is 11.8 Å². The molecule has 3 aromatic rings. The molecule has 4 rings (SSSR count). The fraction of sp³-hybridized carbons (Fsp3) is 0.136. The van der Waals surface area contributed by atoms with Gasteiger partial charge < -0.3 is 4.74 Å². The van der Waals surface area contributed by atoms with Crippen molar-refractivity contribution in [2.45, 2.75) is 12.8 Å². The fourth-order valence-corrected chi connectivity index (χ4v) is 3.39. The number of amides is 1. The Labute approximate surface area is 162 Å². The van der Waals surface area contributed by atoms with Gasteiger partial charge in [-0.1, -0.05) is 42.5 Å². The van der Waals surface area contributed by atoms with Gasteiger partial charge in [-0.2, -0.15) is 10.2 Å². The van der Waals surface area contributed by atoms with Gasteiger partial charge in [0.15, 0.2) is 0 Å². The molecule has 0 fully saturated rings. The first kappa shape index (κ1) is 17.7. The molecule has 0 unspecified atom stereocenters. The third kappa shape index (κ3) is 3.44. The largest absolute Gasteiger partial charge is 0.496 e. The van der Waals surface area contributed by atoms with E-state index in [0.29, 0.717) is 5.69 Å². The number of H-pyrrole nitrogens is 1. The van der Waals surface area contributed by atoms with E-state index in [2.05, 4.69) is 26.8 Å². The molecule has 1 aromatic heterocycles. The number of benzene rings is 2. The van der Waals surface area contributed by atoms with Crippen LogP contribution in [-0.4, -0.2) is 29.4 Å². The van der Waals surface area contributed by atoms with Gasteiger partial charge in [0.25, 0.3) is 5.91 Å². The zero-order valence-corrected chi connectivity index (χ0v) is 15.5. The van der Waals surface area contributed by atoms with Gasteiger partial charge >= 0.3 is 0 Å². The molecule has 0 spiro atoms. The molecule has 0 saturated carbocycles. The summed E-state index contributed by atoms with van der Waals surface area (Å²) in [5.41, 5.74) is 8.09. The minimum absolute atomic E-state index is 0.296. The van der Waals surface area contributed by atoms with Crippen LogP contribution in [-0.2, 0) is 12.8 Å². The number of allylic oxidation sites excluding steroid dienone is 1. The van der Waals surface area contributed by atoms with E-state index < -0.39 is 0 Å². The van der Waals surface area contributed by atoms with Gasteiger partial charge in [0.1, 0.15) is 11.4 Å². The highest BCUT2D eigenvalue weighted by Gasteiger charge is 2.24. The molecule has 28 heavy (non-hydrogen) atoms. The Kier molecular flexibility index (Phi) is 5.01. The number of hydrogen-bond acceptors (Lipinski definition) is 4. The number of aryl methyl sites for hydroxylation is 1. The lowest BCUT2D eigenvalue weighted by Crippen LogP contribution is -2.20. The van der Waals surface area contributed by atoms with E-state index >= 15 is 0 Å². The average Bonchev–Trinajstić information content (AvgIpc) is 3.18. The summed E-state index contributed by atoms with van der Waals surface area (Å²) < 4.78 is 5.29. The second-order valence-corrected chi connectivity index (χ2v) is 6.40. The topological polar surface area (TPSA) is 79.4 Å². The number of methoxy groups -OCH3 is 1. The monoisotopic (exact) mass is 372 g/mol. The SMILES string of the molecule is COc1ccccc1C=CC=NNC(=O)c1[nH]nc2c1CCc1ccccc1-2. The summed E-state index contributed by atoms with van der Waals surface area (Å²) in [6.07, 6.45) is 6.82. The van der Waals surface area contributed by atoms with Gasteiger partial charge in [-0.15, -0.1) is 0 Å². The number of nitrogens with zero attached hydrogens (tertiary/aromatic N) is 2. The number of carbonyl (C=O) groups is 1. The quantitative estimate of drug-likeness (QED) is 0.530. The number of fused-ring (bicyclic) bond motifs is 3. The maximum atomic E-state index is 12.5. The zero-order valence-electron chi connectivity index (χ0n) is 15.5. The second kappa shape index (κ2) is 7.92. The van der Waals surface area contributed by atoms with Crippen LogP contribution in [0.25, 0.3) is 17.3 Å². The summed E-state index contributed by atoms with van der Waals surface area (Å²) >= 11 is 0. The molecule has 0 saturated heterocycles. The predicted molar refractivity (Wildman–Crippen MR) is 109 cm³/mol. The van der Waals surface area contributed by atoms with Crippen LogP contribution in [0.15, 0.2) is 59.7 Å². The van der Waals surface area contributed by atoms with Crippen molar-refractivity contribution in [3.05, 3.63) is 77.0 Å². The number of para-hydroxylation sites is 1. The summed E-state index contributed by atoms with van der Waals surface area (Å²) in [5, 5.41) is 11.2. The first-order chi connectivity index (χ1) is 13.8. The van der Waals surface area contributed by atoms with Gasteiger partial charge in [-0.3, -0.25) is 9.89 Å². The van der Waals surface area contributed by atoms with E-state index in [0.717, 1.165) is 41.0 Å². The van der Waals surface area contributed by atoms with Gasteiger partial charge in [-0.25, -0.2) is 5.43 Å². The molecule has 0 aliphatic heterocycles. The first-order valence-corrected chi connectivity index (χ1v) is 9.06. The van der Waals surface area contributed by atoms with Crippen LogP contribution in [0.2, 0.25) is 0 Å². The van der Waals surface area contributed by atoms with E-state index in [1.54, 1.807) is 13.2 Å². The van der Waals surface area contributed by atoms with Crippen LogP contribution in [0.4, 0.5) is 0 Å². The molecule has 2 aromatic carbocycles. The minimum Gasteiger partial charge on any atom is -0.496 e. The van der Waals surface area contributed by atoms with Crippen molar-refractivity contribution < 1.29 is 9.53 Å². The summed E-state index contributed by atoms with van der Waals surface area (Å²) in [4.78, 5) is 12.5. The lowest BCUT2D eigenvalue weighted by molar-refractivity contribution is 0.0949. The normalized spacial score (nSPS) is 12.8. The number of hydrazone groups is 1. The van der Waals surface area contributed by atoms with Crippen molar-refractivity contribution in [1.29, 1.82) is 0 Å². The van der Waals surface area contributed by atoms with Crippen molar-refractivity contribution in [3.63, 3.8) is 0 Å². The molecule has 1 amide bonds. The summed E-state index contributed by atoms with van der Waals surface area (Å²) in [7, 11) is 1.63. The van der Waals surface area contributed by atoms with Crippen molar-refractivity contribution in [2.24, 2.45) is 5.10 Å². The highest BCUT2D eigenvalue weighted by Crippen LogP contribution is 2.33. The number of nitrogens with one attached hydrogen (secondary N) is 2. The molecular weight excluding hydrogens is 352 g/mol. The zero-order chi connectivity index (χ0) is 19.3. The number of aromatic nitrogens is 2. The Morgan fingerprint density at radius 1 is 1.18 bits per heavy atom. The van der Waals surface area contributed by atoms with Crippen LogP contribution in [0.1, 0.15) is 27.2 Å². The van der Waals surface area contributed by atoms with Crippen LogP contribution in [0.3, 0.4) is 0 Å². The number of ether oxygens (including phenoxy) is 1. The number of rotatable bonds is 5. The summed E-state index contributed by atoms with van der Waals surface area (Å²) in [6.45, 7) is 0. The molecule has 0 radical (unpaired) electrons. The van der Waals surface area contributed by atoms with E-state index in [1.807, 2.05) is 48.5 Å². The average molecular weight is 372 g/mol. The lowest BCUT2D eigenvalue weighted by atomic mass is 9.89. The Balaban J connectivity index is 1.44. The molecule has 1 aliphatic carbocycles. The molecule has 140 valence electrons. The second-order valence-electron chi connectivity index (χ2n) is 6.40. The van der Waals surface area contributed by atoms with Crippen LogP contribution in [0, 0.1) is 0 Å². The van der Waals surface area contributed by atoms with Crippen LogP contribution in [0.5, 0.6) is 5.75 Å². The van der Waals surface area contributed by atoms with Gasteiger partial charge in [0, 0.05) is 22.9 Å². The number of aromatic amines is 1. The van der Waals surface area contributed by atoms with Crippen molar-refractivity contribution in [1.82, 2.24) is 15.6 Å². The Hall–Kier alpha value is -3.67. The molecule has 0 bridgehead atoms. The van der Waals surface area contributed by atoms with Crippen LogP contribution < -0.4 is 10.2 Å². The smallest absolute Gasteiger partial charge is 0.289 e. The summed E-state index contributed by atoms with van der Waals surface area (Å²) in [5.74, 6) is 0.482. The summed E-state index contributed by atoms with van der Waals surface area (Å²) in [6, 6.07) is 15.8. The van der Waals surface area contributed by atoms with E-state index in [9.17, 15) is 4.79 Å². The number of hydrogen-bond donors (Lipinski definition) is 2. The third-order valence-corrected chi connectivity index (χ3v) is 4.75. The molecule has 2 N–H and O–H groups in total. The van der Waals surface area contributed by atoms with Gasteiger partial charge in [-0.05, 0) is 36.6 Å². The Morgan fingerprint density at radius 2 is 2.00 bits per heavy atom. The molecule has 0 atom stereocenters. The predicted octanol–water partition coefficient (Wildman–Crippen LogP) is 3.61. The van der Waals surface area contributed by atoms with Crippen molar-refractivity contribution >= 4 is 18.2 Å². The van der Waals surface area contributed by atoms with Crippen LogP contribution >= 0.6 is 0 Å².